The standard InChI is InChI=1S/C4H8O3/c1-3(5)4(6)7-2/h3,5H,1-2H3/t3-/m0/s1/i1D. The van der Waals surface area contributed by atoms with E-state index >= 15 is 0 Å². The molecular weight excluding hydrogens is 96.0 g/mol. The lowest BCUT2D eigenvalue weighted by atomic mass is 10.4. The van der Waals surface area contributed by atoms with Crippen molar-refractivity contribution in [3.63, 3.8) is 0 Å². The lowest BCUT2D eigenvalue weighted by molar-refractivity contribution is -0.149. The van der Waals surface area contributed by atoms with Crippen molar-refractivity contribution in [2.24, 2.45) is 0 Å². The minimum Gasteiger partial charge on any atom is -0.467 e. The molecule has 1 N–H and O–H groups in total. The van der Waals surface area contributed by atoms with Gasteiger partial charge < -0.3 is 9.84 Å². The fourth-order valence-electron chi connectivity index (χ4n) is 0.136. The highest BCUT2D eigenvalue weighted by Gasteiger charge is 2.05. The number of carbonyl (C=O) groups is 1. The van der Waals surface area contributed by atoms with Crippen LogP contribution in [0.5, 0.6) is 0 Å². The molecule has 0 aromatic rings. The van der Waals surface area contributed by atoms with E-state index in [9.17, 15) is 4.79 Å². The molecule has 0 aliphatic heterocycles. The first-order valence-electron chi connectivity index (χ1n) is 2.48. The van der Waals surface area contributed by atoms with Gasteiger partial charge in [0.2, 0.25) is 0 Å². The third kappa shape index (κ3) is 2.17. The van der Waals surface area contributed by atoms with Gasteiger partial charge in [0, 0.05) is 1.37 Å². The lowest BCUT2D eigenvalue weighted by Crippen LogP contribution is -2.16. The Kier molecular flexibility index (Phi) is 1.69. The quantitative estimate of drug-likeness (QED) is 0.459. The van der Waals surface area contributed by atoms with E-state index < -0.39 is 12.1 Å². The number of aliphatic hydroxyl groups is 1. The van der Waals surface area contributed by atoms with Crippen LogP contribution in [-0.4, -0.2) is 24.3 Å². The van der Waals surface area contributed by atoms with Crippen molar-refractivity contribution in [1.29, 1.82) is 0 Å². The van der Waals surface area contributed by atoms with Crippen LogP contribution in [0, 0.1) is 0 Å². The van der Waals surface area contributed by atoms with Crippen LogP contribution in [0.25, 0.3) is 0 Å². The summed E-state index contributed by atoms with van der Waals surface area (Å²) in [5.74, 6) is -0.750. The van der Waals surface area contributed by atoms with Gasteiger partial charge in [-0.25, -0.2) is 4.79 Å². The Balaban J connectivity index is 3.46. The van der Waals surface area contributed by atoms with Gasteiger partial charge in [-0.05, 0) is 6.90 Å². The zero-order valence-corrected chi connectivity index (χ0v) is 4.05. The Bertz CT molecular complexity index is 83.4. The Morgan fingerprint density at radius 1 is 2.14 bits per heavy atom. The van der Waals surface area contributed by atoms with E-state index in [4.69, 9.17) is 6.48 Å². The molecule has 0 aromatic heterocycles. The minimum atomic E-state index is -1.28. The second-order valence-electron chi connectivity index (χ2n) is 1.04. The van der Waals surface area contributed by atoms with Crippen molar-refractivity contribution < 1.29 is 16.0 Å². The third-order valence-electron chi connectivity index (χ3n) is 0.473. The van der Waals surface area contributed by atoms with E-state index in [1.54, 1.807) is 0 Å². The summed E-state index contributed by atoms with van der Waals surface area (Å²) in [5.41, 5.74) is 0. The summed E-state index contributed by atoms with van der Waals surface area (Å²) in [6.07, 6.45) is -1.28. The maximum Gasteiger partial charge on any atom is 0.334 e. The highest BCUT2D eigenvalue weighted by Crippen LogP contribution is 1.80. The van der Waals surface area contributed by atoms with Gasteiger partial charge in [0.05, 0.1) is 7.11 Å². The van der Waals surface area contributed by atoms with Crippen LogP contribution in [0.3, 0.4) is 0 Å². The van der Waals surface area contributed by atoms with Gasteiger partial charge in [-0.15, -0.1) is 0 Å². The van der Waals surface area contributed by atoms with E-state index in [-0.39, 0.29) is 6.90 Å². The van der Waals surface area contributed by atoms with E-state index in [1.807, 2.05) is 0 Å². The molecule has 0 spiro atoms. The highest BCUT2D eigenvalue weighted by atomic mass is 16.5. The normalized spacial score (nSPS) is 14.9. The van der Waals surface area contributed by atoms with E-state index in [0.29, 0.717) is 0 Å². The molecular formula is C4H8O3. The topological polar surface area (TPSA) is 46.5 Å². The predicted octanol–water partition coefficient (Wildman–Crippen LogP) is -0.460. The largest absolute Gasteiger partial charge is 0.467 e. The maximum absolute atomic E-state index is 10.2. The van der Waals surface area contributed by atoms with Gasteiger partial charge in [-0.3, -0.25) is 0 Å². The number of aliphatic hydroxyl groups excluding tert-OH is 1. The minimum absolute atomic E-state index is 0.341. The highest BCUT2D eigenvalue weighted by molar-refractivity contribution is 5.73. The first kappa shape index (κ1) is 4.59. The molecule has 1 atom stereocenters. The predicted molar refractivity (Wildman–Crippen MR) is 23.7 cm³/mol. The number of carbonyl (C=O) groups excluding carboxylic acids is 1. The molecule has 0 heterocycles. The Morgan fingerprint density at radius 2 is 2.71 bits per heavy atom. The number of ether oxygens (including phenoxy) is 1. The number of rotatable bonds is 1. The van der Waals surface area contributed by atoms with Gasteiger partial charge in [0.25, 0.3) is 0 Å². The van der Waals surface area contributed by atoms with Crippen LogP contribution >= 0.6 is 0 Å². The number of methoxy groups -OCH3 is 1. The van der Waals surface area contributed by atoms with Crippen molar-refractivity contribution in [2.75, 3.05) is 7.11 Å². The first-order valence-corrected chi connectivity index (χ1v) is 1.77. The fourth-order valence-corrected chi connectivity index (χ4v) is 0.136. The summed E-state index contributed by atoms with van der Waals surface area (Å²) < 4.78 is 10.6. The second kappa shape index (κ2) is 2.58. The van der Waals surface area contributed by atoms with E-state index in [1.165, 1.54) is 7.11 Å². The average Bonchev–Trinajstić information content (AvgIpc) is 1.84. The summed E-state index contributed by atoms with van der Waals surface area (Å²) in [7, 11) is 1.17. The number of hydrogen-bond acceptors (Lipinski definition) is 3. The Labute approximate surface area is 43.3 Å². The molecule has 0 radical (unpaired) electrons. The van der Waals surface area contributed by atoms with E-state index in [0.717, 1.165) is 0 Å². The molecule has 0 saturated heterocycles. The van der Waals surface area contributed by atoms with Crippen molar-refractivity contribution >= 4 is 5.97 Å². The molecule has 0 aromatic carbocycles. The van der Waals surface area contributed by atoms with Crippen LogP contribution in [-0.2, 0) is 9.53 Å². The van der Waals surface area contributed by atoms with Crippen LogP contribution in [0.15, 0.2) is 0 Å². The van der Waals surface area contributed by atoms with Crippen LogP contribution < -0.4 is 0 Å². The molecule has 0 aliphatic carbocycles. The van der Waals surface area contributed by atoms with Gasteiger partial charge >= 0.3 is 5.97 Å². The summed E-state index contributed by atoms with van der Waals surface area (Å²) >= 11 is 0. The smallest absolute Gasteiger partial charge is 0.334 e. The Morgan fingerprint density at radius 3 is 2.86 bits per heavy atom. The molecule has 3 heteroatoms. The van der Waals surface area contributed by atoms with Crippen molar-refractivity contribution in [3.05, 3.63) is 0 Å². The van der Waals surface area contributed by atoms with Crippen LogP contribution in [0.4, 0.5) is 0 Å². The number of hydrogen-bond donors (Lipinski definition) is 1. The molecule has 42 valence electrons. The molecule has 0 saturated carbocycles. The molecule has 7 heavy (non-hydrogen) atoms. The van der Waals surface area contributed by atoms with Crippen LogP contribution in [0.2, 0.25) is 0 Å². The summed E-state index contributed by atoms with van der Waals surface area (Å²) in [6.45, 7) is -0.341. The zero-order valence-electron chi connectivity index (χ0n) is 5.05. The lowest BCUT2D eigenvalue weighted by Gasteiger charge is -1.97. The van der Waals surface area contributed by atoms with Gasteiger partial charge in [0.1, 0.15) is 6.10 Å². The van der Waals surface area contributed by atoms with Gasteiger partial charge in [-0.2, -0.15) is 0 Å². The van der Waals surface area contributed by atoms with Crippen LogP contribution in [0.1, 0.15) is 8.27 Å². The van der Waals surface area contributed by atoms with Gasteiger partial charge in [-0.1, -0.05) is 0 Å². The van der Waals surface area contributed by atoms with E-state index in [2.05, 4.69) is 4.74 Å². The van der Waals surface area contributed by atoms with Crippen molar-refractivity contribution in [3.8, 4) is 0 Å². The fraction of sp³-hybridized carbons (Fsp3) is 0.750. The summed E-state index contributed by atoms with van der Waals surface area (Å²) in [5, 5.41) is 8.46. The molecule has 0 bridgehead atoms. The van der Waals surface area contributed by atoms with Gasteiger partial charge in [0.15, 0.2) is 0 Å². The molecule has 0 amide bonds. The average molecular weight is 105 g/mol. The molecule has 0 unspecified atom stereocenters. The summed E-state index contributed by atoms with van der Waals surface area (Å²) in [4.78, 5) is 10.2. The molecule has 3 nitrogen and oxygen atoms in total. The Hall–Kier alpha value is -0.570. The zero-order chi connectivity index (χ0) is 6.57. The molecule has 0 aliphatic rings. The molecule has 0 fully saturated rings. The maximum atomic E-state index is 10.2. The second-order valence-corrected chi connectivity index (χ2v) is 1.04. The summed E-state index contributed by atoms with van der Waals surface area (Å²) in [6, 6.07) is 0. The first-order chi connectivity index (χ1) is 3.72. The van der Waals surface area contributed by atoms with Crippen molar-refractivity contribution in [1.82, 2.24) is 0 Å². The third-order valence-corrected chi connectivity index (χ3v) is 0.473. The number of esters is 1. The monoisotopic (exact) mass is 105 g/mol. The molecule has 0 rings (SSSR count). The SMILES string of the molecule is [2H]C[C@H](O)C(=O)OC. The van der Waals surface area contributed by atoms with Crippen molar-refractivity contribution in [2.45, 2.75) is 13.0 Å².